The number of Topliss-reactive ketones (excluding diaryl/α,β-unsaturated/α-hetero) is 1. The molecular weight excluding hydrogens is 268 g/mol. The highest BCUT2D eigenvalue weighted by molar-refractivity contribution is 6.36. The molecule has 0 atom stereocenters. The van der Waals surface area contributed by atoms with Gasteiger partial charge in [-0.05, 0) is 36.8 Å². The van der Waals surface area contributed by atoms with Crippen molar-refractivity contribution >= 4 is 17.6 Å². The van der Waals surface area contributed by atoms with E-state index in [4.69, 9.17) is 9.47 Å². The van der Waals surface area contributed by atoms with Crippen LogP contribution in [0.3, 0.4) is 0 Å². The smallest absolute Gasteiger partial charge is 0.196 e. The molecule has 2 rings (SSSR count). The minimum atomic E-state index is -0.311. The van der Waals surface area contributed by atoms with Crippen LogP contribution in [-0.2, 0) is 14.3 Å². The summed E-state index contributed by atoms with van der Waals surface area (Å²) >= 11 is 0. The highest BCUT2D eigenvalue weighted by Crippen LogP contribution is 2.22. The Balaban J connectivity index is 2.29. The van der Waals surface area contributed by atoms with Crippen molar-refractivity contribution < 1.29 is 19.1 Å². The third-order valence-corrected chi connectivity index (χ3v) is 3.19. The number of ketones is 2. The van der Waals surface area contributed by atoms with Crippen LogP contribution >= 0.6 is 0 Å². The second-order valence-corrected chi connectivity index (χ2v) is 4.57. The van der Waals surface area contributed by atoms with E-state index in [0.29, 0.717) is 5.57 Å². The van der Waals surface area contributed by atoms with Crippen LogP contribution in [0.25, 0.3) is 6.08 Å². The maximum absolute atomic E-state index is 11.9. The van der Waals surface area contributed by atoms with Crippen molar-refractivity contribution in [1.82, 2.24) is 0 Å². The average molecular weight is 284 g/mol. The summed E-state index contributed by atoms with van der Waals surface area (Å²) in [6.07, 6.45) is 4.73. The summed E-state index contributed by atoms with van der Waals surface area (Å²) in [5.41, 5.74) is 1.43. The van der Waals surface area contributed by atoms with Gasteiger partial charge >= 0.3 is 0 Å². The molecule has 0 fully saturated rings. The summed E-state index contributed by atoms with van der Waals surface area (Å²) in [6.45, 7) is 1.62. The zero-order valence-electron chi connectivity index (χ0n) is 12.2. The summed E-state index contributed by atoms with van der Waals surface area (Å²) in [4.78, 5) is 23.7. The van der Waals surface area contributed by atoms with E-state index < -0.39 is 0 Å². The van der Waals surface area contributed by atoms with E-state index >= 15 is 0 Å². The van der Waals surface area contributed by atoms with Gasteiger partial charge in [-0.2, -0.15) is 0 Å². The molecule has 0 spiro atoms. The van der Waals surface area contributed by atoms with Gasteiger partial charge in [0.2, 0.25) is 0 Å². The van der Waals surface area contributed by atoms with Gasteiger partial charge in [0.15, 0.2) is 11.6 Å². The Bertz CT molecular complexity index is 661. The first-order chi connectivity index (χ1) is 10.1. The highest BCUT2D eigenvalue weighted by atomic mass is 16.5. The van der Waals surface area contributed by atoms with Crippen molar-refractivity contribution in [2.75, 3.05) is 14.2 Å². The number of allylic oxidation sites excluding steroid dienone is 4. The molecule has 0 heterocycles. The molecule has 0 aromatic heterocycles. The maximum atomic E-state index is 11.9. The lowest BCUT2D eigenvalue weighted by atomic mass is 10.1. The van der Waals surface area contributed by atoms with Crippen molar-refractivity contribution in [3.05, 3.63) is 58.9 Å². The Morgan fingerprint density at radius 3 is 2.24 bits per heavy atom. The summed E-state index contributed by atoms with van der Waals surface area (Å²) in [6, 6.07) is 7.40. The third kappa shape index (κ3) is 3.11. The van der Waals surface area contributed by atoms with E-state index in [1.165, 1.54) is 13.2 Å². The molecule has 21 heavy (non-hydrogen) atoms. The van der Waals surface area contributed by atoms with E-state index in [1.54, 1.807) is 26.2 Å². The predicted molar refractivity (Wildman–Crippen MR) is 79.8 cm³/mol. The first-order valence-corrected chi connectivity index (χ1v) is 6.44. The van der Waals surface area contributed by atoms with E-state index in [0.717, 1.165) is 11.3 Å². The Kier molecular flexibility index (Phi) is 4.38. The Labute approximate surface area is 123 Å². The van der Waals surface area contributed by atoms with Gasteiger partial charge in [-0.15, -0.1) is 0 Å². The monoisotopic (exact) mass is 284 g/mol. The fourth-order valence-electron chi connectivity index (χ4n) is 2.02. The molecule has 108 valence electrons. The number of carbonyl (C=O) groups excluding carboxylic acids is 2. The number of rotatable bonds is 4. The standard InChI is InChI=1S/C17H16O4/c1-11-10-14(18)16(17(11)19)15(21-3)9-6-12-4-7-13(20-2)8-5-12/h4-10H,1-3H3/b9-6+,16-15+. The molecule has 0 saturated heterocycles. The Hall–Kier alpha value is -2.62. The first-order valence-electron chi connectivity index (χ1n) is 6.44. The number of carbonyl (C=O) groups is 2. The molecule has 1 aliphatic carbocycles. The third-order valence-electron chi connectivity index (χ3n) is 3.19. The van der Waals surface area contributed by atoms with Gasteiger partial charge < -0.3 is 9.47 Å². The zero-order chi connectivity index (χ0) is 15.4. The van der Waals surface area contributed by atoms with Gasteiger partial charge in [0.05, 0.1) is 14.2 Å². The topological polar surface area (TPSA) is 52.6 Å². The van der Waals surface area contributed by atoms with Crippen molar-refractivity contribution in [1.29, 1.82) is 0 Å². The van der Waals surface area contributed by atoms with E-state index in [-0.39, 0.29) is 22.9 Å². The van der Waals surface area contributed by atoms with Gasteiger partial charge in [-0.1, -0.05) is 18.2 Å². The van der Waals surface area contributed by atoms with Crippen LogP contribution in [-0.4, -0.2) is 25.8 Å². The van der Waals surface area contributed by atoms with Crippen LogP contribution in [0.2, 0.25) is 0 Å². The molecule has 0 bridgehead atoms. The number of hydrogen-bond donors (Lipinski definition) is 0. The van der Waals surface area contributed by atoms with Crippen LogP contribution in [0.5, 0.6) is 5.75 Å². The summed E-state index contributed by atoms with van der Waals surface area (Å²) in [7, 11) is 3.04. The normalized spacial score (nSPS) is 17.2. The molecular formula is C17H16O4. The van der Waals surface area contributed by atoms with E-state index in [1.807, 2.05) is 24.3 Å². The molecule has 1 aliphatic rings. The minimum absolute atomic E-state index is 0.0831. The van der Waals surface area contributed by atoms with Crippen LogP contribution in [0.4, 0.5) is 0 Å². The minimum Gasteiger partial charge on any atom is -0.497 e. The van der Waals surface area contributed by atoms with Crippen molar-refractivity contribution in [2.24, 2.45) is 0 Å². The molecule has 0 radical (unpaired) electrons. The van der Waals surface area contributed by atoms with Gasteiger partial charge in [0.25, 0.3) is 0 Å². The molecule has 0 aliphatic heterocycles. The number of methoxy groups -OCH3 is 2. The van der Waals surface area contributed by atoms with E-state index in [9.17, 15) is 9.59 Å². The second-order valence-electron chi connectivity index (χ2n) is 4.57. The van der Waals surface area contributed by atoms with Crippen LogP contribution in [0.1, 0.15) is 12.5 Å². The zero-order valence-corrected chi connectivity index (χ0v) is 12.2. The number of hydrogen-bond acceptors (Lipinski definition) is 4. The molecule has 0 saturated carbocycles. The quantitative estimate of drug-likeness (QED) is 0.484. The molecule has 0 amide bonds. The lowest BCUT2D eigenvalue weighted by molar-refractivity contribution is -0.116. The number of benzene rings is 1. The van der Waals surface area contributed by atoms with Crippen molar-refractivity contribution in [3.63, 3.8) is 0 Å². The highest BCUT2D eigenvalue weighted by Gasteiger charge is 2.28. The van der Waals surface area contributed by atoms with Crippen LogP contribution in [0.15, 0.2) is 53.3 Å². The predicted octanol–water partition coefficient (Wildman–Crippen LogP) is 2.71. The molecule has 0 N–H and O–H groups in total. The fourth-order valence-corrected chi connectivity index (χ4v) is 2.02. The lowest BCUT2D eigenvalue weighted by Crippen LogP contribution is -2.07. The van der Waals surface area contributed by atoms with Crippen LogP contribution in [0, 0.1) is 0 Å². The molecule has 4 nitrogen and oxygen atoms in total. The van der Waals surface area contributed by atoms with Crippen LogP contribution < -0.4 is 4.74 Å². The SMILES string of the molecule is COC(/C=C/c1ccc(OC)cc1)=C1\C(=O)C=C(C)C1=O. The lowest BCUT2D eigenvalue weighted by Gasteiger charge is -2.04. The van der Waals surface area contributed by atoms with Gasteiger partial charge in [0, 0.05) is 5.57 Å². The molecule has 1 aromatic carbocycles. The molecule has 1 aromatic rings. The number of ether oxygens (including phenoxy) is 2. The average Bonchev–Trinajstić information content (AvgIpc) is 2.75. The van der Waals surface area contributed by atoms with Crippen molar-refractivity contribution in [2.45, 2.75) is 6.92 Å². The molecule has 4 heteroatoms. The molecule has 0 unspecified atom stereocenters. The summed E-state index contributed by atoms with van der Waals surface area (Å²) < 4.78 is 10.3. The largest absolute Gasteiger partial charge is 0.497 e. The fraction of sp³-hybridized carbons (Fsp3) is 0.176. The Morgan fingerprint density at radius 2 is 1.76 bits per heavy atom. The van der Waals surface area contributed by atoms with Gasteiger partial charge in [-0.3, -0.25) is 9.59 Å². The summed E-state index contributed by atoms with van der Waals surface area (Å²) in [5.74, 6) is 0.442. The summed E-state index contributed by atoms with van der Waals surface area (Å²) in [5, 5.41) is 0. The maximum Gasteiger partial charge on any atom is 0.196 e. The van der Waals surface area contributed by atoms with Gasteiger partial charge in [0.1, 0.15) is 17.1 Å². The second kappa shape index (κ2) is 6.22. The van der Waals surface area contributed by atoms with E-state index in [2.05, 4.69) is 0 Å². The Morgan fingerprint density at radius 1 is 1.10 bits per heavy atom. The van der Waals surface area contributed by atoms with Crippen molar-refractivity contribution in [3.8, 4) is 5.75 Å². The first kappa shape index (κ1) is 14.8. The van der Waals surface area contributed by atoms with Gasteiger partial charge in [-0.25, -0.2) is 0 Å².